The van der Waals surface area contributed by atoms with Gasteiger partial charge in [-0.15, -0.1) is 23.7 Å². The first kappa shape index (κ1) is 14.2. The maximum atomic E-state index is 12.4. The predicted molar refractivity (Wildman–Crippen MR) is 86.1 cm³/mol. The molecule has 2 N–H and O–H groups in total. The van der Waals surface area contributed by atoms with Crippen molar-refractivity contribution in [3.05, 3.63) is 45.2 Å². The van der Waals surface area contributed by atoms with Gasteiger partial charge in [-0.05, 0) is 30.7 Å². The van der Waals surface area contributed by atoms with Gasteiger partial charge in [0.2, 0.25) is 0 Å². The van der Waals surface area contributed by atoms with E-state index >= 15 is 0 Å². The van der Waals surface area contributed by atoms with E-state index in [2.05, 4.69) is 20.3 Å². The van der Waals surface area contributed by atoms with Crippen LogP contribution >= 0.6 is 23.7 Å². The molecule has 5 nitrogen and oxygen atoms in total. The van der Waals surface area contributed by atoms with Crippen molar-refractivity contribution in [1.82, 2.24) is 20.3 Å². The Bertz CT molecular complexity index is 843. The van der Waals surface area contributed by atoms with Crippen LogP contribution in [0.1, 0.15) is 10.4 Å². The van der Waals surface area contributed by atoms with Gasteiger partial charge >= 0.3 is 0 Å². The van der Waals surface area contributed by atoms with E-state index in [9.17, 15) is 4.79 Å². The van der Waals surface area contributed by atoms with Gasteiger partial charge in [0.05, 0.1) is 5.39 Å². The lowest BCUT2D eigenvalue weighted by Crippen LogP contribution is -2.23. The highest BCUT2D eigenvalue weighted by atomic mass is 35.5. The average molecular weight is 321 g/mol. The van der Waals surface area contributed by atoms with Gasteiger partial charge in [-0.3, -0.25) is 9.78 Å². The second-order valence-electron chi connectivity index (χ2n) is 4.74. The third kappa shape index (κ3) is 2.35. The van der Waals surface area contributed by atoms with E-state index in [1.807, 2.05) is 18.2 Å². The molecular formula is C14H13ClN4OS. The number of hydrogen-bond donors (Lipinski definition) is 2. The third-order valence-corrected chi connectivity index (χ3v) is 4.62. The number of H-pyrrole nitrogens is 1. The molecule has 21 heavy (non-hydrogen) atoms. The minimum absolute atomic E-state index is 0. The van der Waals surface area contributed by atoms with Crippen LogP contribution in [0.25, 0.3) is 21.7 Å². The minimum atomic E-state index is -0.0601. The molecule has 3 aromatic rings. The van der Waals surface area contributed by atoms with Crippen LogP contribution in [0, 0.1) is 0 Å². The molecule has 1 aliphatic heterocycles. The number of halogens is 1. The van der Waals surface area contributed by atoms with Gasteiger partial charge in [-0.1, -0.05) is 6.07 Å². The van der Waals surface area contributed by atoms with Crippen LogP contribution in [0.3, 0.4) is 0 Å². The molecule has 0 aromatic carbocycles. The van der Waals surface area contributed by atoms with Crippen molar-refractivity contribution in [2.45, 2.75) is 13.0 Å². The SMILES string of the molecule is Cl.O=c1[nH]c(-c2ccccn2)nc2sc3c(c12)CCNC3. The average Bonchev–Trinajstić information content (AvgIpc) is 2.87. The van der Waals surface area contributed by atoms with Crippen molar-refractivity contribution in [3.63, 3.8) is 0 Å². The van der Waals surface area contributed by atoms with Gasteiger partial charge in [-0.2, -0.15) is 0 Å². The van der Waals surface area contributed by atoms with Crippen LogP contribution in [-0.2, 0) is 13.0 Å². The molecule has 0 bridgehead atoms. The fourth-order valence-electron chi connectivity index (χ4n) is 2.56. The highest BCUT2D eigenvalue weighted by Crippen LogP contribution is 2.30. The van der Waals surface area contributed by atoms with Crippen molar-refractivity contribution in [1.29, 1.82) is 0 Å². The predicted octanol–water partition coefficient (Wildman–Crippen LogP) is 2.11. The summed E-state index contributed by atoms with van der Waals surface area (Å²) in [6.07, 6.45) is 2.59. The first-order valence-electron chi connectivity index (χ1n) is 6.49. The van der Waals surface area contributed by atoms with E-state index in [4.69, 9.17) is 0 Å². The number of hydrogen-bond acceptors (Lipinski definition) is 5. The van der Waals surface area contributed by atoms with Crippen LogP contribution < -0.4 is 10.9 Å². The Morgan fingerprint density at radius 3 is 3.00 bits per heavy atom. The molecule has 0 saturated carbocycles. The highest BCUT2D eigenvalue weighted by Gasteiger charge is 2.19. The van der Waals surface area contributed by atoms with E-state index in [1.165, 1.54) is 4.88 Å². The Kier molecular flexibility index (Phi) is 3.75. The van der Waals surface area contributed by atoms with Crippen LogP contribution in [0.4, 0.5) is 0 Å². The van der Waals surface area contributed by atoms with Crippen LogP contribution in [0.5, 0.6) is 0 Å². The summed E-state index contributed by atoms with van der Waals surface area (Å²) in [5, 5.41) is 4.08. The summed E-state index contributed by atoms with van der Waals surface area (Å²) < 4.78 is 0. The van der Waals surface area contributed by atoms with Crippen LogP contribution in [-0.4, -0.2) is 21.5 Å². The van der Waals surface area contributed by atoms with Crippen molar-refractivity contribution in [2.24, 2.45) is 0 Å². The van der Waals surface area contributed by atoms with Gasteiger partial charge < -0.3 is 10.3 Å². The number of thiophene rings is 1. The number of nitrogens with zero attached hydrogens (tertiary/aromatic N) is 2. The van der Waals surface area contributed by atoms with Crippen molar-refractivity contribution in [2.75, 3.05) is 6.54 Å². The summed E-state index contributed by atoms with van der Waals surface area (Å²) in [6, 6.07) is 5.57. The zero-order chi connectivity index (χ0) is 13.5. The molecule has 0 saturated heterocycles. The second kappa shape index (κ2) is 5.55. The number of rotatable bonds is 1. The summed E-state index contributed by atoms with van der Waals surface area (Å²) in [5.41, 5.74) is 1.79. The van der Waals surface area contributed by atoms with Gasteiger partial charge in [0.25, 0.3) is 5.56 Å². The second-order valence-corrected chi connectivity index (χ2v) is 5.82. The molecule has 1 aliphatic rings. The maximum absolute atomic E-state index is 12.4. The van der Waals surface area contributed by atoms with E-state index < -0.39 is 0 Å². The molecule has 0 atom stereocenters. The molecule has 0 aliphatic carbocycles. The van der Waals surface area contributed by atoms with E-state index in [1.54, 1.807) is 17.5 Å². The molecule has 0 amide bonds. The van der Waals surface area contributed by atoms with Gasteiger partial charge in [0.15, 0.2) is 5.82 Å². The van der Waals surface area contributed by atoms with Crippen LogP contribution in [0.2, 0.25) is 0 Å². The molecule has 0 radical (unpaired) electrons. The molecule has 0 unspecified atom stereocenters. The lowest BCUT2D eigenvalue weighted by Gasteiger charge is -2.11. The Balaban J connectivity index is 0.00000132. The monoisotopic (exact) mass is 320 g/mol. The zero-order valence-corrected chi connectivity index (χ0v) is 12.7. The smallest absolute Gasteiger partial charge is 0.260 e. The zero-order valence-electron chi connectivity index (χ0n) is 11.0. The summed E-state index contributed by atoms with van der Waals surface area (Å²) in [4.78, 5) is 26.1. The minimum Gasteiger partial charge on any atom is -0.312 e. The summed E-state index contributed by atoms with van der Waals surface area (Å²) in [6.45, 7) is 1.75. The van der Waals surface area contributed by atoms with E-state index in [0.717, 1.165) is 35.3 Å². The Labute approximate surface area is 130 Å². The number of pyridine rings is 1. The van der Waals surface area contributed by atoms with E-state index in [-0.39, 0.29) is 18.0 Å². The highest BCUT2D eigenvalue weighted by molar-refractivity contribution is 7.18. The fraction of sp³-hybridized carbons (Fsp3) is 0.214. The molecule has 108 valence electrons. The fourth-order valence-corrected chi connectivity index (χ4v) is 3.75. The molecule has 4 heterocycles. The lowest BCUT2D eigenvalue weighted by atomic mass is 10.1. The molecule has 4 rings (SSSR count). The lowest BCUT2D eigenvalue weighted by molar-refractivity contribution is 0.657. The number of aromatic nitrogens is 3. The Morgan fingerprint density at radius 2 is 2.19 bits per heavy atom. The van der Waals surface area contributed by atoms with Crippen LogP contribution in [0.15, 0.2) is 29.2 Å². The maximum Gasteiger partial charge on any atom is 0.260 e. The van der Waals surface area contributed by atoms with Crippen molar-refractivity contribution < 1.29 is 0 Å². The van der Waals surface area contributed by atoms with Gasteiger partial charge in [0, 0.05) is 17.6 Å². The molecule has 3 aromatic heterocycles. The first-order chi connectivity index (χ1) is 9.83. The van der Waals surface area contributed by atoms with Gasteiger partial charge in [0.1, 0.15) is 10.5 Å². The standard InChI is InChI=1S/C14H12N4OS.ClH/c19-13-11-8-4-6-15-7-10(8)20-14(11)18-12(17-13)9-3-1-2-5-16-9;/h1-3,5,15H,4,6-7H2,(H,17,18,19);1H. The largest absolute Gasteiger partial charge is 0.312 e. The molecule has 0 spiro atoms. The topological polar surface area (TPSA) is 70.7 Å². The quantitative estimate of drug-likeness (QED) is 0.720. The number of aromatic amines is 1. The van der Waals surface area contributed by atoms with Crippen molar-refractivity contribution >= 4 is 34.0 Å². The third-order valence-electron chi connectivity index (χ3n) is 3.49. The van der Waals surface area contributed by atoms with Gasteiger partial charge in [-0.25, -0.2) is 4.98 Å². The van der Waals surface area contributed by atoms with E-state index in [0.29, 0.717) is 11.5 Å². The number of nitrogens with one attached hydrogen (secondary N) is 2. The molecular weight excluding hydrogens is 308 g/mol. The summed E-state index contributed by atoms with van der Waals surface area (Å²) in [7, 11) is 0. The molecule has 0 fully saturated rings. The first-order valence-corrected chi connectivity index (χ1v) is 7.31. The Hall–Kier alpha value is -1.76. The number of fused-ring (bicyclic) bond motifs is 3. The molecule has 7 heteroatoms. The normalized spacial score (nSPS) is 13.7. The summed E-state index contributed by atoms with van der Waals surface area (Å²) in [5.74, 6) is 0.537. The Morgan fingerprint density at radius 1 is 1.29 bits per heavy atom. The van der Waals surface area contributed by atoms with Crippen molar-refractivity contribution in [3.8, 4) is 11.5 Å². The summed E-state index contributed by atoms with van der Waals surface area (Å²) >= 11 is 1.60.